The van der Waals surface area contributed by atoms with E-state index in [1.165, 1.54) is 23.8 Å². The third kappa shape index (κ3) is 4.46. The van der Waals surface area contributed by atoms with Gasteiger partial charge in [0.25, 0.3) is 10.0 Å². The number of rotatable bonds is 4. The fraction of sp³-hybridized carbons (Fsp3) is 0.385. The van der Waals surface area contributed by atoms with E-state index in [1.54, 1.807) is 4.90 Å². The Kier molecular flexibility index (Phi) is 6.12. The molecule has 0 saturated carbocycles. The van der Waals surface area contributed by atoms with Crippen molar-refractivity contribution < 1.29 is 22.4 Å². The Morgan fingerprint density at radius 2 is 1.81 bits per heavy atom. The van der Waals surface area contributed by atoms with E-state index in [0.717, 1.165) is 43.0 Å². The standard InChI is InChI=1S/C26H26ClN3O6S/c27-19-6-7-20-21(12-19)35-16-22(25(20)32)37(33,34)29-14-23(31)30-17-26(36-24(30)15-29)8-10-28(11-9-26)13-18-4-2-1-3-5-18/h1-7,12,16,24H,8-11,13-15,17H2. The second kappa shape index (κ2) is 9.21. The Hall–Kier alpha value is -2.76. The number of nitrogens with zero attached hydrogens (tertiary/aromatic N) is 3. The van der Waals surface area contributed by atoms with Crippen LogP contribution in [-0.2, 0) is 26.1 Å². The predicted octanol–water partition coefficient (Wildman–Crippen LogP) is 2.67. The third-order valence-electron chi connectivity index (χ3n) is 7.52. The average Bonchev–Trinajstić information content (AvgIpc) is 3.25. The molecule has 1 amide bonds. The molecule has 37 heavy (non-hydrogen) atoms. The lowest BCUT2D eigenvalue weighted by molar-refractivity contribution is -0.145. The summed E-state index contributed by atoms with van der Waals surface area (Å²) in [5.41, 5.74) is 0.258. The molecule has 0 bridgehead atoms. The maximum atomic E-state index is 13.4. The summed E-state index contributed by atoms with van der Waals surface area (Å²) in [6.45, 7) is 2.57. The summed E-state index contributed by atoms with van der Waals surface area (Å²) in [5.74, 6) is -0.333. The van der Waals surface area contributed by atoms with Gasteiger partial charge in [0.15, 0.2) is 4.90 Å². The van der Waals surface area contributed by atoms with Crippen LogP contribution in [0.2, 0.25) is 5.02 Å². The van der Waals surface area contributed by atoms with E-state index in [0.29, 0.717) is 11.6 Å². The van der Waals surface area contributed by atoms with Gasteiger partial charge in [-0.15, -0.1) is 0 Å². The van der Waals surface area contributed by atoms with Crippen LogP contribution in [0, 0.1) is 0 Å². The molecule has 3 aromatic rings. The lowest BCUT2D eigenvalue weighted by Gasteiger charge is -2.38. The Balaban J connectivity index is 1.18. The largest absolute Gasteiger partial charge is 0.463 e. The molecular weight excluding hydrogens is 518 g/mol. The molecule has 3 aliphatic rings. The third-order valence-corrected chi connectivity index (χ3v) is 9.55. The van der Waals surface area contributed by atoms with Crippen LogP contribution in [0.15, 0.2) is 68.9 Å². The molecule has 3 saturated heterocycles. The van der Waals surface area contributed by atoms with Crippen molar-refractivity contribution in [1.29, 1.82) is 0 Å². The summed E-state index contributed by atoms with van der Waals surface area (Å²) in [6.07, 6.45) is 1.74. The van der Waals surface area contributed by atoms with Gasteiger partial charge in [0.05, 0.1) is 30.6 Å². The molecule has 11 heteroatoms. The summed E-state index contributed by atoms with van der Waals surface area (Å²) in [4.78, 5) is 29.5. The zero-order valence-electron chi connectivity index (χ0n) is 20.0. The number of piperazine rings is 1. The molecule has 1 spiro atoms. The number of fused-ring (bicyclic) bond motifs is 2. The van der Waals surface area contributed by atoms with Gasteiger partial charge in [-0.25, -0.2) is 8.42 Å². The molecule has 6 rings (SSSR count). The van der Waals surface area contributed by atoms with E-state index < -0.39 is 32.2 Å². The highest BCUT2D eigenvalue weighted by Gasteiger charge is 2.52. The van der Waals surface area contributed by atoms with Crippen molar-refractivity contribution in [3.8, 4) is 0 Å². The summed E-state index contributed by atoms with van der Waals surface area (Å²) in [7, 11) is -4.29. The van der Waals surface area contributed by atoms with Gasteiger partial charge in [0.2, 0.25) is 11.3 Å². The Morgan fingerprint density at radius 3 is 2.57 bits per heavy atom. The summed E-state index contributed by atoms with van der Waals surface area (Å²) in [5, 5.41) is 0.472. The molecule has 0 radical (unpaired) electrons. The summed E-state index contributed by atoms with van der Waals surface area (Å²) in [6, 6.07) is 14.7. The molecule has 4 heterocycles. The second-order valence-corrected chi connectivity index (χ2v) is 12.2. The minimum Gasteiger partial charge on any atom is -0.463 e. The van der Waals surface area contributed by atoms with Crippen molar-refractivity contribution in [3.05, 3.63) is 75.6 Å². The number of hydrogen-bond donors (Lipinski definition) is 0. The topological polar surface area (TPSA) is 100 Å². The lowest BCUT2D eigenvalue weighted by atomic mass is 9.91. The van der Waals surface area contributed by atoms with E-state index in [2.05, 4.69) is 17.0 Å². The first kappa shape index (κ1) is 24.6. The Morgan fingerprint density at radius 1 is 1.05 bits per heavy atom. The van der Waals surface area contributed by atoms with Gasteiger partial charge in [-0.05, 0) is 30.5 Å². The fourth-order valence-corrected chi connectivity index (χ4v) is 7.05. The maximum Gasteiger partial charge on any atom is 0.250 e. The van der Waals surface area contributed by atoms with Crippen molar-refractivity contribution in [2.24, 2.45) is 0 Å². The summed E-state index contributed by atoms with van der Waals surface area (Å²) < 4.78 is 39.7. The first-order valence-electron chi connectivity index (χ1n) is 12.2. The number of halogens is 1. The van der Waals surface area contributed by atoms with Crippen LogP contribution in [0.5, 0.6) is 0 Å². The molecule has 194 valence electrons. The number of piperidine rings is 1. The lowest BCUT2D eigenvalue weighted by Crippen LogP contribution is -2.56. The summed E-state index contributed by atoms with van der Waals surface area (Å²) >= 11 is 5.95. The number of likely N-dealkylation sites (tertiary alicyclic amines) is 1. The van der Waals surface area contributed by atoms with E-state index >= 15 is 0 Å². The van der Waals surface area contributed by atoms with Gasteiger partial charge >= 0.3 is 0 Å². The van der Waals surface area contributed by atoms with E-state index in [-0.39, 0.29) is 30.0 Å². The molecule has 2 aromatic carbocycles. The number of amides is 1. The van der Waals surface area contributed by atoms with Crippen molar-refractivity contribution in [3.63, 3.8) is 0 Å². The quantitative estimate of drug-likeness (QED) is 0.499. The van der Waals surface area contributed by atoms with Gasteiger partial charge in [-0.3, -0.25) is 14.5 Å². The van der Waals surface area contributed by atoms with Crippen LogP contribution < -0.4 is 5.43 Å². The number of carbonyl (C=O) groups excluding carboxylic acids is 1. The van der Waals surface area contributed by atoms with Crippen LogP contribution >= 0.6 is 11.6 Å². The van der Waals surface area contributed by atoms with Gasteiger partial charge in [-0.1, -0.05) is 41.9 Å². The molecule has 9 nitrogen and oxygen atoms in total. The zero-order chi connectivity index (χ0) is 25.8. The number of sulfonamides is 1. The molecule has 3 fully saturated rings. The normalized spacial score (nSPS) is 22.6. The molecule has 1 atom stereocenters. The first-order valence-corrected chi connectivity index (χ1v) is 14.0. The minimum absolute atomic E-state index is 0.0400. The van der Waals surface area contributed by atoms with Crippen molar-refractivity contribution in [2.45, 2.75) is 36.1 Å². The monoisotopic (exact) mass is 543 g/mol. The number of carbonyl (C=O) groups is 1. The van der Waals surface area contributed by atoms with Crippen LogP contribution in [0.25, 0.3) is 11.0 Å². The van der Waals surface area contributed by atoms with Gasteiger partial charge < -0.3 is 14.1 Å². The highest BCUT2D eigenvalue weighted by molar-refractivity contribution is 7.89. The number of ether oxygens (including phenoxy) is 1. The highest BCUT2D eigenvalue weighted by atomic mass is 35.5. The average molecular weight is 544 g/mol. The molecule has 1 unspecified atom stereocenters. The Bertz CT molecular complexity index is 1520. The van der Waals surface area contributed by atoms with Gasteiger partial charge in [0, 0.05) is 30.7 Å². The fourth-order valence-electron chi connectivity index (χ4n) is 5.49. The van der Waals surface area contributed by atoms with E-state index in [4.69, 9.17) is 20.8 Å². The van der Waals surface area contributed by atoms with Crippen molar-refractivity contribution >= 4 is 38.5 Å². The van der Waals surface area contributed by atoms with E-state index in [1.807, 2.05) is 18.2 Å². The van der Waals surface area contributed by atoms with Crippen molar-refractivity contribution in [1.82, 2.24) is 14.1 Å². The van der Waals surface area contributed by atoms with Crippen LogP contribution in [-0.4, -0.2) is 73.0 Å². The maximum absolute atomic E-state index is 13.4. The number of benzene rings is 2. The zero-order valence-corrected chi connectivity index (χ0v) is 21.6. The first-order chi connectivity index (χ1) is 17.7. The Labute approximate surface area is 219 Å². The van der Waals surface area contributed by atoms with Gasteiger partial charge in [-0.2, -0.15) is 4.31 Å². The van der Waals surface area contributed by atoms with Gasteiger partial charge in [0.1, 0.15) is 18.1 Å². The molecule has 0 aliphatic carbocycles. The van der Waals surface area contributed by atoms with Crippen LogP contribution in [0.3, 0.4) is 0 Å². The smallest absolute Gasteiger partial charge is 0.250 e. The number of hydrogen-bond acceptors (Lipinski definition) is 7. The van der Waals surface area contributed by atoms with Crippen LogP contribution in [0.4, 0.5) is 0 Å². The molecule has 0 N–H and O–H groups in total. The van der Waals surface area contributed by atoms with Crippen molar-refractivity contribution in [2.75, 3.05) is 32.7 Å². The SMILES string of the molecule is O=C1CN(S(=O)(=O)c2coc3cc(Cl)ccc3c2=O)CC2OC3(CCN(Cc4ccccc4)CC3)CN12. The van der Waals surface area contributed by atoms with E-state index in [9.17, 15) is 18.0 Å². The predicted molar refractivity (Wildman–Crippen MR) is 137 cm³/mol. The second-order valence-electron chi connectivity index (χ2n) is 9.91. The molecular formula is C26H26ClN3O6S. The van der Waals surface area contributed by atoms with Crippen LogP contribution in [0.1, 0.15) is 18.4 Å². The minimum atomic E-state index is -4.29. The molecule has 3 aliphatic heterocycles. The molecule has 1 aromatic heterocycles. The highest BCUT2D eigenvalue weighted by Crippen LogP contribution is 2.38.